The second-order valence-electron chi connectivity index (χ2n) is 6.51. The average Bonchev–Trinajstić information content (AvgIpc) is 2.96. The third-order valence-corrected chi connectivity index (χ3v) is 4.78. The Bertz CT molecular complexity index is 683. The van der Waals surface area contributed by atoms with E-state index < -0.39 is 12.2 Å². The molecule has 0 aliphatic carbocycles. The van der Waals surface area contributed by atoms with E-state index in [0.717, 1.165) is 30.8 Å². The fourth-order valence-corrected chi connectivity index (χ4v) is 3.28. The van der Waals surface area contributed by atoms with Crippen LogP contribution in [0.25, 0.3) is 0 Å². The molecule has 0 spiro atoms. The summed E-state index contributed by atoms with van der Waals surface area (Å²) >= 11 is 0. The van der Waals surface area contributed by atoms with E-state index >= 15 is 0 Å². The zero-order valence-electron chi connectivity index (χ0n) is 14.7. The number of fused-ring (bicyclic) bond motifs is 1. The summed E-state index contributed by atoms with van der Waals surface area (Å²) in [6.45, 7) is 4.92. The van der Waals surface area contributed by atoms with Crippen molar-refractivity contribution < 1.29 is 9.59 Å². The van der Waals surface area contributed by atoms with Gasteiger partial charge in [-0.05, 0) is 13.3 Å². The van der Waals surface area contributed by atoms with E-state index in [1.165, 1.54) is 10.5 Å². The molecule has 0 radical (unpaired) electrons. The number of likely N-dealkylation sites (N-methyl/N-ethyl adjacent to an activating group) is 2. The zero-order chi connectivity index (χ0) is 17.4. The quantitative estimate of drug-likeness (QED) is 0.850. The van der Waals surface area contributed by atoms with Gasteiger partial charge in [0, 0.05) is 26.2 Å². The van der Waals surface area contributed by atoms with Gasteiger partial charge in [-0.1, -0.05) is 43.2 Å². The third kappa shape index (κ3) is 2.56. The Morgan fingerprint density at radius 3 is 2.42 bits per heavy atom. The number of amides is 3. The highest BCUT2D eigenvalue weighted by molar-refractivity contribution is 6.08. The lowest BCUT2D eigenvalue weighted by Gasteiger charge is -2.40. The molecule has 0 bridgehead atoms. The first-order chi connectivity index (χ1) is 11.5. The molecule has 1 fully saturated rings. The van der Waals surface area contributed by atoms with Gasteiger partial charge in [-0.2, -0.15) is 0 Å². The molecule has 2 atom stereocenters. The Morgan fingerprint density at radius 1 is 1.12 bits per heavy atom. The molecule has 2 unspecified atom stereocenters. The van der Waals surface area contributed by atoms with Crippen LogP contribution in [0.1, 0.15) is 30.9 Å². The predicted molar refractivity (Wildman–Crippen MR) is 92.8 cm³/mol. The number of rotatable bonds is 4. The van der Waals surface area contributed by atoms with Crippen LogP contribution in [-0.2, 0) is 4.79 Å². The minimum atomic E-state index is -0.450. The maximum atomic E-state index is 12.7. The van der Waals surface area contributed by atoms with Gasteiger partial charge in [-0.3, -0.25) is 9.69 Å². The van der Waals surface area contributed by atoms with Crippen LogP contribution in [-0.4, -0.2) is 65.3 Å². The summed E-state index contributed by atoms with van der Waals surface area (Å²) in [6, 6.07) is 7.41. The summed E-state index contributed by atoms with van der Waals surface area (Å²) in [6.07, 6.45) is 1.56. The van der Waals surface area contributed by atoms with Gasteiger partial charge in [-0.25, -0.2) is 9.79 Å². The minimum Gasteiger partial charge on any atom is -0.341 e. The van der Waals surface area contributed by atoms with E-state index in [1.54, 1.807) is 19.0 Å². The lowest BCUT2D eigenvalue weighted by Crippen LogP contribution is -2.64. The van der Waals surface area contributed by atoms with Gasteiger partial charge in [0.15, 0.2) is 12.2 Å². The summed E-state index contributed by atoms with van der Waals surface area (Å²) in [7, 11) is 3.25. The van der Waals surface area contributed by atoms with Crippen molar-refractivity contribution in [2.75, 3.05) is 20.6 Å². The Kier molecular flexibility index (Phi) is 4.30. The number of benzene rings is 1. The lowest BCUT2D eigenvalue weighted by molar-refractivity contribution is -0.136. The van der Waals surface area contributed by atoms with Crippen molar-refractivity contribution >= 4 is 17.8 Å². The molecule has 1 aromatic carbocycles. The summed E-state index contributed by atoms with van der Waals surface area (Å²) in [5.74, 6) is 0.631. The topological polar surface area (TPSA) is 56.2 Å². The molecule has 3 rings (SSSR count). The number of carbonyl (C=O) groups excluding carboxylic acids is 2. The molecule has 6 nitrogen and oxygen atoms in total. The van der Waals surface area contributed by atoms with Crippen LogP contribution >= 0.6 is 0 Å². The van der Waals surface area contributed by atoms with Crippen molar-refractivity contribution in [1.82, 2.24) is 14.7 Å². The number of nitrogens with zero attached hydrogens (tertiary/aromatic N) is 4. The first-order valence-corrected chi connectivity index (χ1v) is 8.41. The predicted octanol–water partition coefficient (Wildman–Crippen LogP) is 2.08. The molecular formula is C18H24N4O2. The largest absolute Gasteiger partial charge is 0.341 e. The van der Waals surface area contributed by atoms with Gasteiger partial charge in [-0.15, -0.1) is 0 Å². The molecule has 0 aromatic heterocycles. The number of hydrogen-bond acceptors (Lipinski definition) is 4. The van der Waals surface area contributed by atoms with Crippen LogP contribution in [0.2, 0.25) is 0 Å². The van der Waals surface area contributed by atoms with Gasteiger partial charge in [0.1, 0.15) is 5.84 Å². The highest BCUT2D eigenvalue weighted by Crippen LogP contribution is 2.29. The molecule has 128 valence electrons. The Labute approximate surface area is 142 Å². The minimum absolute atomic E-state index is 0.176. The number of carbonyl (C=O) groups is 2. The second kappa shape index (κ2) is 6.26. The number of amidine groups is 1. The smallest absolute Gasteiger partial charge is 0.328 e. The number of aryl methyl sites for hydroxylation is 1. The molecule has 6 heteroatoms. The van der Waals surface area contributed by atoms with Crippen LogP contribution in [0.3, 0.4) is 0 Å². The normalized spacial score (nSPS) is 23.7. The average molecular weight is 328 g/mol. The Hall–Kier alpha value is -2.37. The van der Waals surface area contributed by atoms with Crippen molar-refractivity contribution in [3.63, 3.8) is 0 Å². The molecule has 2 heterocycles. The Balaban J connectivity index is 2.01. The monoisotopic (exact) mass is 328 g/mol. The van der Waals surface area contributed by atoms with Crippen molar-refractivity contribution in [2.24, 2.45) is 4.99 Å². The van der Waals surface area contributed by atoms with Crippen molar-refractivity contribution in [3.8, 4) is 0 Å². The summed E-state index contributed by atoms with van der Waals surface area (Å²) in [4.78, 5) is 34.6. The number of urea groups is 1. The summed E-state index contributed by atoms with van der Waals surface area (Å²) in [5.41, 5.74) is 2.17. The zero-order valence-corrected chi connectivity index (χ0v) is 14.7. The SMILES string of the molecule is CCCCN1C(c2ccc(C)cc2)=NC2C1C(=O)N(C)C(=O)N2C. The van der Waals surface area contributed by atoms with Gasteiger partial charge in [0.2, 0.25) is 0 Å². The molecule has 1 saturated heterocycles. The highest BCUT2D eigenvalue weighted by atomic mass is 16.2. The first-order valence-electron chi connectivity index (χ1n) is 8.41. The van der Waals surface area contributed by atoms with Crippen LogP contribution in [0, 0.1) is 6.92 Å². The summed E-state index contributed by atoms with van der Waals surface area (Å²) in [5, 5.41) is 0. The number of imide groups is 1. The van der Waals surface area contributed by atoms with Crippen LogP contribution in [0.5, 0.6) is 0 Å². The van der Waals surface area contributed by atoms with E-state index in [-0.39, 0.29) is 11.9 Å². The number of aliphatic imine (C=N–C) groups is 1. The molecular weight excluding hydrogens is 304 g/mol. The van der Waals surface area contributed by atoms with Gasteiger partial charge < -0.3 is 9.80 Å². The number of hydrogen-bond donors (Lipinski definition) is 0. The molecule has 0 N–H and O–H groups in total. The van der Waals surface area contributed by atoms with Crippen LogP contribution in [0.4, 0.5) is 4.79 Å². The van der Waals surface area contributed by atoms with Crippen LogP contribution in [0.15, 0.2) is 29.3 Å². The summed E-state index contributed by atoms with van der Waals surface area (Å²) < 4.78 is 0. The van der Waals surface area contributed by atoms with E-state index in [1.807, 2.05) is 31.2 Å². The van der Waals surface area contributed by atoms with E-state index in [4.69, 9.17) is 4.99 Å². The van der Waals surface area contributed by atoms with E-state index in [2.05, 4.69) is 11.8 Å². The first kappa shape index (κ1) is 16.5. The van der Waals surface area contributed by atoms with Gasteiger partial charge in [0.05, 0.1) is 0 Å². The molecule has 0 saturated carbocycles. The highest BCUT2D eigenvalue weighted by Gasteiger charge is 2.50. The third-order valence-electron chi connectivity index (χ3n) is 4.78. The van der Waals surface area contributed by atoms with E-state index in [0.29, 0.717) is 0 Å². The molecule has 24 heavy (non-hydrogen) atoms. The maximum absolute atomic E-state index is 12.7. The van der Waals surface area contributed by atoms with Gasteiger partial charge in [0.25, 0.3) is 5.91 Å². The van der Waals surface area contributed by atoms with E-state index in [9.17, 15) is 9.59 Å². The Morgan fingerprint density at radius 2 is 1.79 bits per heavy atom. The maximum Gasteiger partial charge on any atom is 0.328 e. The van der Waals surface area contributed by atoms with Crippen LogP contribution < -0.4 is 0 Å². The van der Waals surface area contributed by atoms with Crippen molar-refractivity contribution in [2.45, 2.75) is 38.9 Å². The molecule has 3 amide bonds. The second-order valence-corrected chi connectivity index (χ2v) is 6.51. The molecule has 1 aromatic rings. The lowest BCUT2D eigenvalue weighted by atomic mass is 10.1. The fourth-order valence-electron chi connectivity index (χ4n) is 3.28. The van der Waals surface area contributed by atoms with Crippen molar-refractivity contribution in [1.29, 1.82) is 0 Å². The fraction of sp³-hybridized carbons (Fsp3) is 0.500. The standard InChI is InChI=1S/C18H24N4O2/c1-5-6-11-22-14-16(20(3)18(24)21(4)17(14)23)19-15(22)13-9-7-12(2)8-10-13/h7-10,14,16H,5-6,11H2,1-4H3. The molecule has 2 aliphatic heterocycles. The molecule has 2 aliphatic rings. The number of unbranched alkanes of at least 4 members (excludes halogenated alkanes) is 1. The van der Waals surface area contributed by atoms with Crippen molar-refractivity contribution in [3.05, 3.63) is 35.4 Å². The van der Waals surface area contributed by atoms with Gasteiger partial charge >= 0.3 is 6.03 Å².